The zero-order valence-corrected chi connectivity index (χ0v) is 12.2. The number of rotatable bonds is 4. The van der Waals surface area contributed by atoms with E-state index in [4.69, 9.17) is 11.6 Å². The predicted molar refractivity (Wildman–Crippen MR) is 80.4 cm³/mol. The fraction of sp³-hybridized carbons (Fsp3) is 0.154. The fourth-order valence-corrected chi connectivity index (χ4v) is 2.36. The zero-order valence-electron chi connectivity index (χ0n) is 10.6. The van der Waals surface area contributed by atoms with Gasteiger partial charge in [0.2, 0.25) is 5.91 Å². The van der Waals surface area contributed by atoms with Crippen LogP contribution in [-0.4, -0.2) is 21.6 Å². The quantitative estimate of drug-likeness (QED) is 0.672. The zero-order chi connectivity index (χ0) is 14.5. The van der Waals surface area contributed by atoms with Crippen molar-refractivity contribution in [3.63, 3.8) is 0 Å². The van der Waals surface area contributed by atoms with Crippen molar-refractivity contribution >= 4 is 35.0 Å². The van der Waals surface area contributed by atoms with E-state index < -0.39 is 5.69 Å². The van der Waals surface area contributed by atoms with Gasteiger partial charge >= 0.3 is 5.69 Å². The molecule has 0 fully saturated rings. The van der Waals surface area contributed by atoms with Gasteiger partial charge in [-0.25, -0.2) is 9.78 Å². The predicted octanol–water partition coefficient (Wildman–Crippen LogP) is 2.46. The van der Waals surface area contributed by atoms with Gasteiger partial charge in [0.1, 0.15) is 0 Å². The average Bonchev–Trinajstić information content (AvgIpc) is 2.42. The summed E-state index contributed by atoms with van der Waals surface area (Å²) < 4.78 is 0. The number of nitrogens with one attached hydrogen (secondary N) is 2. The highest BCUT2D eigenvalue weighted by atomic mass is 35.5. The highest BCUT2D eigenvalue weighted by molar-refractivity contribution is 7.99. The molecule has 20 heavy (non-hydrogen) atoms. The first-order valence-electron chi connectivity index (χ1n) is 5.79. The van der Waals surface area contributed by atoms with Gasteiger partial charge in [-0.1, -0.05) is 29.4 Å². The Kier molecular flexibility index (Phi) is 4.81. The molecular formula is C13H12ClN3O2S. The van der Waals surface area contributed by atoms with Gasteiger partial charge in [0.25, 0.3) is 0 Å². The van der Waals surface area contributed by atoms with Gasteiger partial charge < -0.3 is 10.3 Å². The summed E-state index contributed by atoms with van der Waals surface area (Å²) in [4.78, 5) is 28.9. The van der Waals surface area contributed by atoms with Gasteiger partial charge in [0, 0.05) is 16.9 Å². The van der Waals surface area contributed by atoms with Crippen molar-refractivity contribution in [3.8, 4) is 0 Å². The number of aromatic nitrogens is 2. The Morgan fingerprint density at radius 1 is 1.45 bits per heavy atom. The molecule has 1 aromatic heterocycles. The van der Waals surface area contributed by atoms with Crippen molar-refractivity contribution in [1.29, 1.82) is 0 Å². The molecule has 0 aliphatic heterocycles. The summed E-state index contributed by atoms with van der Waals surface area (Å²) in [6.45, 7) is 1.84. The van der Waals surface area contributed by atoms with E-state index in [1.165, 1.54) is 18.0 Å². The van der Waals surface area contributed by atoms with Crippen LogP contribution in [0.3, 0.4) is 0 Å². The summed E-state index contributed by atoms with van der Waals surface area (Å²) in [5.41, 5.74) is 1.08. The third-order valence-corrected chi connectivity index (χ3v) is 3.91. The Labute approximate surface area is 124 Å². The molecule has 0 atom stereocenters. The normalized spacial score (nSPS) is 10.3. The maximum Gasteiger partial charge on any atom is 0.345 e. The van der Waals surface area contributed by atoms with Crippen molar-refractivity contribution in [2.75, 3.05) is 11.1 Å². The fourth-order valence-electron chi connectivity index (χ4n) is 1.51. The first kappa shape index (κ1) is 14.6. The number of hydrogen-bond donors (Lipinski definition) is 2. The van der Waals surface area contributed by atoms with Crippen molar-refractivity contribution in [1.82, 2.24) is 9.97 Å². The molecule has 0 aliphatic rings. The van der Waals surface area contributed by atoms with Crippen LogP contribution in [0, 0.1) is 6.92 Å². The molecular weight excluding hydrogens is 298 g/mol. The standard InChI is InChI=1S/C13H12ClN3O2S/c1-8-9(14)3-2-4-10(8)16-11(18)7-20-12-5-6-15-13(19)17-12/h2-6H,7H2,1H3,(H,16,18)(H,15,17,19). The number of nitrogens with zero attached hydrogens (tertiary/aromatic N) is 1. The number of amides is 1. The van der Waals surface area contributed by atoms with Crippen LogP contribution >= 0.6 is 23.4 Å². The minimum absolute atomic E-state index is 0.168. The van der Waals surface area contributed by atoms with E-state index in [1.54, 1.807) is 24.3 Å². The summed E-state index contributed by atoms with van der Waals surface area (Å²) in [5, 5.41) is 3.99. The molecule has 0 aliphatic carbocycles. The second-order valence-corrected chi connectivity index (χ2v) is 5.41. The number of benzene rings is 1. The van der Waals surface area contributed by atoms with E-state index >= 15 is 0 Å². The van der Waals surface area contributed by atoms with Gasteiger partial charge in [-0.2, -0.15) is 0 Å². The second kappa shape index (κ2) is 6.58. The molecule has 2 aromatic rings. The van der Waals surface area contributed by atoms with Gasteiger partial charge in [-0.3, -0.25) is 4.79 Å². The number of carbonyl (C=O) groups is 1. The lowest BCUT2D eigenvalue weighted by Crippen LogP contribution is -2.16. The summed E-state index contributed by atoms with van der Waals surface area (Å²) in [5.74, 6) is 0.0179. The number of carbonyl (C=O) groups excluding carboxylic acids is 1. The minimum atomic E-state index is -0.430. The number of anilines is 1. The summed E-state index contributed by atoms with van der Waals surface area (Å²) in [6, 6.07) is 6.98. The highest BCUT2D eigenvalue weighted by Crippen LogP contribution is 2.23. The minimum Gasteiger partial charge on any atom is -0.325 e. The van der Waals surface area contributed by atoms with Crippen LogP contribution in [0.2, 0.25) is 5.02 Å². The number of thioether (sulfide) groups is 1. The summed E-state index contributed by atoms with van der Waals surface area (Å²) in [7, 11) is 0. The Morgan fingerprint density at radius 3 is 3.00 bits per heavy atom. The van der Waals surface area contributed by atoms with E-state index in [-0.39, 0.29) is 11.7 Å². The first-order valence-corrected chi connectivity index (χ1v) is 7.15. The molecule has 0 radical (unpaired) electrons. The molecule has 0 bridgehead atoms. The van der Waals surface area contributed by atoms with Crippen LogP contribution in [0.1, 0.15) is 5.56 Å². The Bertz CT molecular complexity index is 687. The number of H-pyrrole nitrogens is 1. The van der Waals surface area contributed by atoms with Gasteiger partial charge in [0.15, 0.2) is 0 Å². The van der Waals surface area contributed by atoms with Gasteiger partial charge in [0.05, 0.1) is 10.8 Å². The van der Waals surface area contributed by atoms with Gasteiger partial charge in [-0.15, -0.1) is 0 Å². The molecule has 5 nitrogen and oxygen atoms in total. The van der Waals surface area contributed by atoms with Crippen molar-refractivity contribution in [2.45, 2.75) is 11.9 Å². The topological polar surface area (TPSA) is 74.8 Å². The molecule has 1 amide bonds. The monoisotopic (exact) mass is 309 g/mol. The largest absolute Gasteiger partial charge is 0.345 e. The molecule has 104 valence electrons. The number of aromatic amines is 1. The van der Waals surface area contributed by atoms with E-state index in [0.29, 0.717) is 15.7 Å². The molecule has 0 saturated heterocycles. The highest BCUT2D eigenvalue weighted by Gasteiger charge is 2.07. The van der Waals surface area contributed by atoms with Crippen LogP contribution in [0.4, 0.5) is 5.69 Å². The molecule has 0 saturated carbocycles. The summed E-state index contributed by atoms with van der Waals surface area (Å²) in [6.07, 6.45) is 1.40. The van der Waals surface area contributed by atoms with E-state index in [0.717, 1.165) is 5.56 Å². The Balaban J connectivity index is 1.96. The van der Waals surface area contributed by atoms with E-state index in [2.05, 4.69) is 15.3 Å². The van der Waals surface area contributed by atoms with E-state index in [1.807, 2.05) is 6.92 Å². The third-order valence-electron chi connectivity index (χ3n) is 2.55. The molecule has 1 heterocycles. The SMILES string of the molecule is Cc1c(Cl)cccc1NC(=O)CSc1ccnc(=O)[nH]1. The van der Waals surface area contributed by atoms with E-state index in [9.17, 15) is 9.59 Å². The molecule has 7 heteroatoms. The van der Waals surface area contributed by atoms with Crippen molar-refractivity contribution in [2.24, 2.45) is 0 Å². The summed E-state index contributed by atoms with van der Waals surface area (Å²) >= 11 is 7.22. The maximum atomic E-state index is 11.9. The molecule has 2 N–H and O–H groups in total. The van der Waals surface area contributed by atoms with Crippen molar-refractivity contribution < 1.29 is 4.79 Å². The van der Waals surface area contributed by atoms with Crippen LogP contribution in [0.15, 0.2) is 40.3 Å². The molecule has 2 rings (SSSR count). The van der Waals surface area contributed by atoms with Crippen LogP contribution in [0.25, 0.3) is 0 Å². The van der Waals surface area contributed by atoms with Crippen LogP contribution < -0.4 is 11.0 Å². The maximum absolute atomic E-state index is 11.9. The van der Waals surface area contributed by atoms with Crippen LogP contribution in [-0.2, 0) is 4.79 Å². The Hall–Kier alpha value is -1.79. The second-order valence-electron chi connectivity index (χ2n) is 3.99. The van der Waals surface area contributed by atoms with Crippen LogP contribution in [0.5, 0.6) is 0 Å². The van der Waals surface area contributed by atoms with Crippen molar-refractivity contribution in [3.05, 3.63) is 51.5 Å². The third kappa shape index (κ3) is 3.85. The molecule has 0 unspecified atom stereocenters. The average molecular weight is 310 g/mol. The lowest BCUT2D eigenvalue weighted by molar-refractivity contribution is -0.113. The number of hydrogen-bond acceptors (Lipinski definition) is 4. The van der Waals surface area contributed by atoms with Gasteiger partial charge in [-0.05, 0) is 30.7 Å². The first-order chi connectivity index (χ1) is 9.56. The Morgan fingerprint density at radius 2 is 2.25 bits per heavy atom. The lowest BCUT2D eigenvalue weighted by Gasteiger charge is -2.09. The number of halogens is 1. The smallest absolute Gasteiger partial charge is 0.325 e. The molecule has 1 aromatic carbocycles. The molecule has 0 spiro atoms. The lowest BCUT2D eigenvalue weighted by atomic mass is 10.2.